The van der Waals surface area contributed by atoms with Crippen molar-refractivity contribution in [1.29, 1.82) is 0 Å². The number of nitrogens with one attached hydrogen (secondary N) is 2. The number of fused-ring (bicyclic) bond motifs is 1. The third-order valence-corrected chi connectivity index (χ3v) is 2.02. The van der Waals surface area contributed by atoms with Crippen molar-refractivity contribution in [1.82, 2.24) is 10.8 Å². The fourth-order valence-corrected chi connectivity index (χ4v) is 1.33. The molecule has 0 spiro atoms. The van der Waals surface area contributed by atoms with E-state index >= 15 is 0 Å². The van der Waals surface area contributed by atoms with Gasteiger partial charge in [0.25, 0.3) is 0 Å². The molecule has 15 heavy (non-hydrogen) atoms. The molecule has 1 heterocycles. The molecular formula is C10H10N2O3. The second-order valence-electron chi connectivity index (χ2n) is 3.08. The lowest BCUT2D eigenvalue weighted by atomic mass is 10.1. The van der Waals surface area contributed by atoms with Crippen molar-refractivity contribution in [2.24, 2.45) is 0 Å². The van der Waals surface area contributed by atoms with Crippen molar-refractivity contribution < 1.29 is 14.7 Å². The van der Waals surface area contributed by atoms with E-state index in [0.29, 0.717) is 6.54 Å². The highest BCUT2D eigenvalue weighted by Crippen LogP contribution is 2.23. The largest absolute Gasteiger partial charge is 0.465 e. The predicted octanol–water partition coefficient (Wildman–Crippen LogP) is 1.32. The second-order valence-corrected chi connectivity index (χ2v) is 3.08. The van der Waals surface area contributed by atoms with Crippen LogP contribution in [0.15, 0.2) is 24.4 Å². The van der Waals surface area contributed by atoms with Gasteiger partial charge in [0.2, 0.25) is 0 Å². The summed E-state index contributed by atoms with van der Waals surface area (Å²) in [6.45, 7) is 0.296. The summed E-state index contributed by atoms with van der Waals surface area (Å²) in [5.74, 6) is 0.733. The lowest BCUT2D eigenvalue weighted by molar-refractivity contribution is 0.194. The minimum Gasteiger partial charge on any atom is -0.465 e. The summed E-state index contributed by atoms with van der Waals surface area (Å²) in [6, 6.07) is 5.49. The highest BCUT2D eigenvalue weighted by molar-refractivity contribution is 5.65. The summed E-state index contributed by atoms with van der Waals surface area (Å²) >= 11 is 0. The van der Waals surface area contributed by atoms with Crippen LogP contribution in [0, 0.1) is 0 Å². The van der Waals surface area contributed by atoms with Gasteiger partial charge in [-0.25, -0.2) is 10.3 Å². The number of hydroxylamine groups is 1. The normalized spacial score (nSPS) is 12.3. The molecule has 0 saturated carbocycles. The molecule has 0 unspecified atom stereocenters. The molecule has 0 atom stereocenters. The molecule has 0 saturated heterocycles. The fourth-order valence-electron chi connectivity index (χ4n) is 1.33. The second kappa shape index (κ2) is 3.91. The number of carbonyl (C=O) groups is 1. The monoisotopic (exact) mass is 206 g/mol. The Hall–Kier alpha value is -2.17. The SMILES string of the molecule is O=C(O)NCc1ccc2c(c1)C=CNO2. The van der Waals surface area contributed by atoms with E-state index in [1.54, 1.807) is 12.3 Å². The smallest absolute Gasteiger partial charge is 0.404 e. The topological polar surface area (TPSA) is 70.6 Å². The van der Waals surface area contributed by atoms with E-state index in [9.17, 15) is 4.79 Å². The average molecular weight is 206 g/mol. The molecule has 0 radical (unpaired) electrons. The minimum atomic E-state index is -1.03. The molecule has 1 aromatic rings. The summed E-state index contributed by atoms with van der Waals surface area (Å²) in [5.41, 5.74) is 4.44. The minimum absolute atomic E-state index is 0.296. The van der Waals surface area contributed by atoms with Crippen molar-refractivity contribution in [3.05, 3.63) is 35.5 Å². The van der Waals surface area contributed by atoms with Crippen LogP contribution in [0.1, 0.15) is 11.1 Å². The first kappa shape index (κ1) is 9.39. The first-order valence-electron chi connectivity index (χ1n) is 4.44. The first-order chi connectivity index (χ1) is 7.25. The summed E-state index contributed by atoms with van der Waals surface area (Å²) in [6.07, 6.45) is 2.51. The molecule has 1 aliphatic heterocycles. The quantitative estimate of drug-likeness (QED) is 0.682. The van der Waals surface area contributed by atoms with Crippen LogP contribution in [0.5, 0.6) is 5.75 Å². The number of rotatable bonds is 2. The van der Waals surface area contributed by atoms with Gasteiger partial charge in [-0.1, -0.05) is 6.07 Å². The first-order valence-corrected chi connectivity index (χ1v) is 4.44. The van der Waals surface area contributed by atoms with Crippen LogP contribution >= 0.6 is 0 Å². The van der Waals surface area contributed by atoms with Gasteiger partial charge in [-0.15, -0.1) is 0 Å². The Morgan fingerprint density at radius 3 is 3.20 bits per heavy atom. The van der Waals surface area contributed by atoms with Gasteiger partial charge in [-0.3, -0.25) is 0 Å². The lowest BCUT2D eigenvalue weighted by Crippen LogP contribution is -2.20. The van der Waals surface area contributed by atoms with Gasteiger partial charge in [-0.2, -0.15) is 0 Å². The molecule has 0 fully saturated rings. The van der Waals surface area contributed by atoms with Crippen molar-refractivity contribution in [2.45, 2.75) is 6.54 Å². The maximum Gasteiger partial charge on any atom is 0.404 e. The average Bonchev–Trinajstić information content (AvgIpc) is 2.26. The van der Waals surface area contributed by atoms with Crippen LogP contribution in [-0.4, -0.2) is 11.2 Å². The highest BCUT2D eigenvalue weighted by Gasteiger charge is 2.06. The number of hydrogen-bond donors (Lipinski definition) is 3. The van der Waals surface area contributed by atoms with E-state index in [-0.39, 0.29) is 0 Å². The number of benzene rings is 1. The fraction of sp³-hybridized carbons (Fsp3) is 0.100. The number of hydrogen-bond acceptors (Lipinski definition) is 3. The zero-order chi connectivity index (χ0) is 10.7. The Morgan fingerprint density at radius 2 is 2.40 bits per heavy atom. The van der Waals surface area contributed by atoms with E-state index in [0.717, 1.165) is 16.9 Å². The third-order valence-electron chi connectivity index (χ3n) is 2.02. The van der Waals surface area contributed by atoms with Crippen LogP contribution < -0.4 is 15.6 Å². The molecule has 5 nitrogen and oxygen atoms in total. The molecule has 5 heteroatoms. The maximum atomic E-state index is 10.3. The molecule has 0 aromatic heterocycles. The standard InChI is InChI=1S/C10H10N2O3/c13-10(14)11-6-7-1-2-9-8(5-7)3-4-12-15-9/h1-5,11-12H,6H2,(H,13,14). The molecule has 2 rings (SSSR count). The van der Waals surface area contributed by atoms with Crippen LogP contribution in [0.25, 0.3) is 6.08 Å². The zero-order valence-electron chi connectivity index (χ0n) is 7.86. The molecule has 1 amide bonds. The Labute approximate surface area is 86.3 Å². The van der Waals surface area contributed by atoms with Gasteiger partial charge in [-0.05, 0) is 23.8 Å². The summed E-state index contributed by atoms with van der Waals surface area (Å²) in [5, 5.41) is 10.8. The summed E-state index contributed by atoms with van der Waals surface area (Å²) in [4.78, 5) is 15.4. The van der Waals surface area contributed by atoms with Crippen molar-refractivity contribution in [3.8, 4) is 5.75 Å². The van der Waals surface area contributed by atoms with Gasteiger partial charge >= 0.3 is 6.09 Å². The predicted molar refractivity (Wildman–Crippen MR) is 54.1 cm³/mol. The molecule has 1 aliphatic rings. The van der Waals surface area contributed by atoms with Crippen LogP contribution in [0.2, 0.25) is 0 Å². The van der Waals surface area contributed by atoms with Gasteiger partial charge in [0.1, 0.15) is 0 Å². The van der Waals surface area contributed by atoms with Crippen LogP contribution in [0.3, 0.4) is 0 Å². The summed E-state index contributed by atoms with van der Waals surface area (Å²) < 4.78 is 0. The molecule has 0 aliphatic carbocycles. The van der Waals surface area contributed by atoms with E-state index in [1.165, 1.54) is 0 Å². The van der Waals surface area contributed by atoms with Crippen LogP contribution in [0.4, 0.5) is 4.79 Å². The molecule has 3 N–H and O–H groups in total. The zero-order valence-corrected chi connectivity index (χ0v) is 7.86. The molecule has 0 bridgehead atoms. The van der Waals surface area contributed by atoms with Gasteiger partial charge in [0, 0.05) is 18.3 Å². The molecule has 1 aromatic carbocycles. The van der Waals surface area contributed by atoms with Crippen molar-refractivity contribution in [2.75, 3.05) is 0 Å². The van der Waals surface area contributed by atoms with Crippen LogP contribution in [-0.2, 0) is 6.54 Å². The van der Waals surface area contributed by atoms with Crippen molar-refractivity contribution in [3.63, 3.8) is 0 Å². The van der Waals surface area contributed by atoms with E-state index in [4.69, 9.17) is 9.94 Å². The number of amides is 1. The Kier molecular flexibility index (Phi) is 2.45. The van der Waals surface area contributed by atoms with Gasteiger partial charge < -0.3 is 15.3 Å². The lowest BCUT2D eigenvalue weighted by Gasteiger charge is -2.13. The Morgan fingerprint density at radius 1 is 1.53 bits per heavy atom. The Bertz CT molecular complexity index is 415. The van der Waals surface area contributed by atoms with E-state index < -0.39 is 6.09 Å². The molecule has 78 valence electrons. The van der Waals surface area contributed by atoms with E-state index in [2.05, 4.69) is 10.8 Å². The number of carboxylic acid groups (broad SMARTS) is 1. The highest BCUT2D eigenvalue weighted by atomic mass is 16.6. The molecular weight excluding hydrogens is 196 g/mol. The Balaban J connectivity index is 2.15. The van der Waals surface area contributed by atoms with Crippen molar-refractivity contribution >= 4 is 12.2 Å². The van der Waals surface area contributed by atoms with E-state index in [1.807, 2.05) is 18.2 Å². The third kappa shape index (κ3) is 2.19. The maximum absolute atomic E-state index is 10.3. The summed E-state index contributed by atoms with van der Waals surface area (Å²) in [7, 11) is 0. The van der Waals surface area contributed by atoms with Gasteiger partial charge in [0.15, 0.2) is 5.75 Å². The van der Waals surface area contributed by atoms with Gasteiger partial charge in [0.05, 0.1) is 0 Å².